The summed E-state index contributed by atoms with van der Waals surface area (Å²) in [6.07, 6.45) is 7.91. The number of nitrogens with one attached hydrogen (secondary N) is 1. The van der Waals surface area contributed by atoms with Crippen LogP contribution in [-0.2, 0) is 13.5 Å². The molecular weight excluding hydrogens is 312 g/mol. The normalized spacial score (nSPS) is 11.3. The molecule has 0 radical (unpaired) electrons. The summed E-state index contributed by atoms with van der Waals surface area (Å²) in [7, 11) is 1.87. The molecule has 0 saturated heterocycles. The number of aryl methyl sites for hydroxylation is 1. The van der Waals surface area contributed by atoms with Gasteiger partial charge in [-0.1, -0.05) is 0 Å². The molecule has 0 fully saturated rings. The van der Waals surface area contributed by atoms with Crippen molar-refractivity contribution in [1.29, 1.82) is 0 Å². The Labute approximate surface area is 135 Å². The minimum Gasteiger partial charge on any atom is -0.352 e. The van der Waals surface area contributed by atoms with E-state index in [1.165, 1.54) is 0 Å². The van der Waals surface area contributed by atoms with E-state index in [4.69, 9.17) is 0 Å². The van der Waals surface area contributed by atoms with Gasteiger partial charge in [-0.3, -0.25) is 9.20 Å². The van der Waals surface area contributed by atoms with Gasteiger partial charge in [-0.15, -0.1) is 11.3 Å². The first kappa shape index (κ1) is 13.9. The van der Waals surface area contributed by atoms with Crippen LogP contribution >= 0.6 is 11.3 Å². The molecule has 0 bridgehead atoms. The van der Waals surface area contributed by atoms with E-state index < -0.39 is 0 Å². The quantitative estimate of drug-likeness (QED) is 0.618. The van der Waals surface area contributed by atoms with Crippen LogP contribution in [0, 0.1) is 0 Å². The lowest BCUT2D eigenvalue weighted by Crippen LogP contribution is -2.25. The van der Waals surface area contributed by atoms with Crippen LogP contribution in [0.2, 0.25) is 0 Å². The first-order chi connectivity index (χ1) is 11.2. The van der Waals surface area contributed by atoms with Crippen LogP contribution in [0.25, 0.3) is 16.1 Å². The van der Waals surface area contributed by atoms with Crippen molar-refractivity contribution in [2.75, 3.05) is 6.54 Å². The number of carbonyl (C=O) groups excluding carboxylic acids is 1. The van der Waals surface area contributed by atoms with Crippen LogP contribution in [0.4, 0.5) is 0 Å². The highest BCUT2D eigenvalue weighted by Crippen LogP contribution is 2.12. The van der Waals surface area contributed by atoms with Crippen LogP contribution in [0.1, 0.15) is 16.1 Å². The molecule has 0 aliphatic rings. The van der Waals surface area contributed by atoms with Gasteiger partial charge < -0.3 is 9.88 Å². The minimum absolute atomic E-state index is 0.147. The third-order valence-electron chi connectivity index (χ3n) is 3.62. The predicted molar refractivity (Wildman–Crippen MR) is 87.6 cm³/mol. The van der Waals surface area contributed by atoms with Gasteiger partial charge in [0, 0.05) is 44.0 Å². The molecule has 4 aromatic rings. The van der Waals surface area contributed by atoms with Crippen LogP contribution in [0.15, 0.2) is 36.4 Å². The molecule has 4 heterocycles. The average molecular weight is 326 g/mol. The third-order valence-corrected chi connectivity index (χ3v) is 4.39. The fourth-order valence-corrected chi connectivity index (χ4v) is 3.16. The van der Waals surface area contributed by atoms with E-state index in [1.807, 2.05) is 33.8 Å². The van der Waals surface area contributed by atoms with Gasteiger partial charge in [-0.05, 0) is 6.07 Å². The summed E-state index contributed by atoms with van der Waals surface area (Å²) >= 11 is 1.60. The van der Waals surface area contributed by atoms with Crippen molar-refractivity contribution in [3.05, 3.63) is 47.6 Å². The molecule has 0 aliphatic heterocycles. The van der Waals surface area contributed by atoms with E-state index >= 15 is 0 Å². The van der Waals surface area contributed by atoms with Crippen LogP contribution in [0.3, 0.4) is 0 Å². The lowest BCUT2D eigenvalue weighted by molar-refractivity contribution is 0.0954. The van der Waals surface area contributed by atoms with E-state index in [-0.39, 0.29) is 5.91 Å². The second kappa shape index (κ2) is 5.47. The summed E-state index contributed by atoms with van der Waals surface area (Å²) in [5, 5.41) is 4.89. The van der Waals surface area contributed by atoms with Gasteiger partial charge in [0.25, 0.3) is 5.91 Å². The van der Waals surface area contributed by atoms with Crippen molar-refractivity contribution in [2.45, 2.75) is 6.42 Å². The molecular formula is C15H14N6OS. The Hall–Kier alpha value is -2.74. The van der Waals surface area contributed by atoms with Gasteiger partial charge >= 0.3 is 0 Å². The number of aromatic nitrogens is 5. The van der Waals surface area contributed by atoms with Gasteiger partial charge in [-0.2, -0.15) is 0 Å². The summed E-state index contributed by atoms with van der Waals surface area (Å²) in [4.78, 5) is 26.1. The molecule has 116 valence electrons. The summed E-state index contributed by atoms with van der Waals surface area (Å²) in [6, 6.07) is 1.75. The zero-order valence-electron chi connectivity index (χ0n) is 12.4. The summed E-state index contributed by atoms with van der Waals surface area (Å²) < 4.78 is 3.81. The topological polar surface area (TPSA) is 77.1 Å². The average Bonchev–Trinajstić information content (AvgIpc) is 3.22. The number of rotatable bonds is 4. The van der Waals surface area contributed by atoms with Crippen molar-refractivity contribution in [3.8, 4) is 0 Å². The molecule has 8 heteroatoms. The Morgan fingerprint density at radius 2 is 2.30 bits per heavy atom. The zero-order chi connectivity index (χ0) is 15.8. The molecule has 0 spiro atoms. The number of hydrogen-bond acceptors (Lipinski definition) is 5. The molecule has 4 aromatic heterocycles. The number of carbonyl (C=O) groups is 1. The Balaban J connectivity index is 1.41. The maximum absolute atomic E-state index is 12.2. The van der Waals surface area contributed by atoms with Gasteiger partial charge in [0.15, 0.2) is 10.6 Å². The Kier molecular flexibility index (Phi) is 3.30. The van der Waals surface area contributed by atoms with Crippen LogP contribution in [0.5, 0.6) is 0 Å². The van der Waals surface area contributed by atoms with Crippen molar-refractivity contribution >= 4 is 33.4 Å². The number of pyridine rings is 1. The fourth-order valence-electron chi connectivity index (χ4n) is 2.44. The van der Waals surface area contributed by atoms with Crippen LogP contribution in [-0.4, -0.2) is 36.4 Å². The van der Waals surface area contributed by atoms with E-state index in [1.54, 1.807) is 29.9 Å². The first-order valence-electron chi connectivity index (χ1n) is 7.17. The highest BCUT2D eigenvalue weighted by atomic mass is 32.1. The third kappa shape index (κ3) is 2.57. The highest BCUT2D eigenvalue weighted by molar-refractivity contribution is 7.15. The number of thiazole rings is 1. The Morgan fingerprint density at radius 3 is 3.17 bits per heavy atom. The molecule has 0 unspecified atom stereocenters. The smallest absolute Gasteiger partial charge is 0.252 e. The summed E-state index contributed by atoms with van der Waals surface area (Å²) in [6.45, 7) is 0.532. The lowest BCUT2D eigenvalue weighted by Gasteiger charge is -2.04. The van der Waals surface area contributed by atoms with Crippen molar-refractivity contribution in [3.63, 3.8) is 0 Å². The molecule has 1 amide bonds. The summed E-state index contributed by atoms with van der Waals surface area (Å²) in [5.74, 6) is -0.147. The van der Waals surface area contributed by atoms with E-state index in [0.29, 0.717) is 18.5 Å². The van der Waals surface area contributed by atoms with Crippen molar-refractivity contribution in [1.82, 2.24) is 29.2 Å². The standard InChI is InChI=1S/C15H14N6OS/c1-20-9-18-12-6-10(7-17-13(12)20)14(22)16-3-2-11-8-21-4-5-23-15(21)19-11/h4-9H,2-3H2,1H3,(H,16,22). The first-order valence-corrected chi connectivity index (χ1v) is 8.05. The monoisotopic (exact) mass is 326 g/mol. The van der Waals surface area contributed by atoms with Gasteiger partial charge in [0.2, 0.25) is 0 Å². The summed E-state index contributed by atoms with van der Waals surface area (Å²) in [5.41, 5.74) is 2.96. The van der Waals surface area contributed by atoms with Gasteiger partial charge in [0.05, 0.1) is 17.6 Å². The number of fused-ring (bicyclic) bond motifs is 2. The van der Waals surface area contributed by atoms with Gasteiger partial charge in [-0.25, -0.2) is 15.0 Å². The number of nitrogens with zero attached hydrogens (tertiary/aromatic N) is 5. The molecule has 4 rings (SSSR count). The van der Waals surface area contributed by atoms with E-state index in [2.05, 4.69) is 20.3 Å². The Bertz CT molecular complexity index is 969. The minimum atomic E-state index is -0.147. The highest BCUT2D eigenvalue weighted by Gasteiger charge is 2.10. The molecule has 23 heavy (non-hydrogen) atoms. The lowest BCUT2D eigenvalue weighted by atomic mass is 10.2. The van der Waals surface area contributed by atoms with E-state index in [9.17, 15) is 4.79 Å². The maximum atomic E-state index is 12.2. The number of imidazole rings is 2. The molecule has 7 nitrogen and oxygen atoms in total. The zero-order valence-corrected chi connectivity index (χ0v) is 13.2. The van der Waals surface area contributed by atoms with Crippen molar-refractivity contribution in [2.24, 2.45) is 7.05 Å². The largest absolute Gasteiger partial charge is 0.352 e. The van der Waals surface area contributed by atoms with Crippen molar-refractivity contribution < 1.29 is 4.79 Å². The number of amides is 1. The molecule has 0 saturated carbocycles. The predicted octanol–water partition coefficient (Wildman–Crippen LogP) is 1.65. The fraction of sp³-hybridized carbons (Fsp3) is 0.200. The molecule has 0 aliphatic carbocycles. The van der Waals surface area contributed by atoms with Gasteiger partial charge in [0.1, 0.15) is 5.52 Å². The second-order valence-electron chi connectivity index (χ2n) is 5.25. The molecule has 0 aromatic carbocycles. The Morgan fingerprint density at radius 1 is 1.39 bits per heavy atom. The number of hydrogen-bond donors (Lipinski definition) is 1. The van der Waals surface area contributed by atoms with E-state index in [0.717, 1.165) is 21.8 Å². The maximum Gasteiger partial charge on any atom is 0.252 e. The second-order valence-corrected chi connectivity index (χ2v) is 6.13. The SMILES string of the molecule is Cn1cnc2cc(C(=O)NCCc3cn4ccsc4n3)cnc21. The van der Waals surface area contributed by atoms with Crippen LogP contribution < -0.4 is 5.32 Å². The molecule has 0 atom stereocenters. The molecule has 1 N–H and O–H groups in total.